The zero-order valence-corrected chi connectivity index (χ0v) is 13.7. The SMILES string of the molecule is CN(CCCCCCCCCS)CC1CCCCO1. The molecule has 0 aromatic heterocycles. The predicted octanol–water partition coefficient (Wildman–Crippen LogP) is 4.15. The lowest BCUT2D eigenvalue weighted by Gasteiger charge is -2.27. The Morgan fingerprint density at radius 1 is 1.00 bits per heavy atom. The normalized spacial score (nSPS) is 20.1. The number of ether oxygens (including phenoxy) is 1. The smallest absolute Gasteiger partial charge is 0.0701 e. The van der Waals surface area contributed by atoms with Crippen molar-refractivity contribution in [3.63, 3.8) is 0 Å². The van der Waals surface area contributed by atoms with Crippen LogP contribution in [0.25, 0.3) is 0 Å². The van der Waals surface area contributed by atoms with Gasteiger partial charge in [-0.25, -0.2) is 0 Å². The lowest BCUT2D eigenvalue weighted by atomic mass is 10.1. The van der Waals surface area contributed by atoms with Crippen molar-refractivity contribution in [3.8, 4) is 0 Å². The highest BCUT2D eigenvalue weighted by molar-refractivity contribution is 7.80. The fourth-order valence-electron chi connectivity index (χ4n) is 2.77. The highest BCUT2D eigenvalue weighted by Gasteiger charge is 2.15. The van der Waals surface area contributed by atoms with Gasteiger partial charge in [0.05, 0.1) is 6.10 Å². The molecule has 19 heavy (non-hydrogen) atoms. The molecule has 1 fully saturated rings. The van der Waals surface area contributed by atoms with Crippen molar-refractivity contribution in [3.05, 3.63) is 0 Å². The lowest BCUT2D eigenvalue weighted by Crippen LogP contribution is -2.33. The molecule has 0 saturated carbocycles. The first-order valence-electron chi connectivity index (χ1n) is 8.24. The number of rotatable bonds is 11. The topological polar surface area (TPSA) is 12.5 Å². The van der Waals surface area contributed by atoms with E-state index < -0.39 is 0 Å². The summed E-state index contributed by atoms with van der Waals surface area (Å²) in [4.78, 5) is 2.46. The van der Waals surface area contributed by atoms with Gasteiger partial charge in [0.25, 0.3) is 0 Å². The molecule has 1 aliphatic heterocycles. The number of hydrogen-bond acceptors (Lipinski definition) is 3. The standard InChI is InChI=1S/C16H33NOS/c1-17(15-16-11-7-9-13-18-16)12-8-5-3-2-4-6-10-14-19/h16,19H,2-15H2,1H3. The summed E-state index contributed by atoms with van der Waals surface area (Å²) >= 11 is 4.24. The number of nitrogens with zero attached hydrogens (tertiary/aromatic N) is 1. The molecule has 0 N–H and O–H groups in total. The molecule has 1 heterocycles. The quantitative estimate of drug-likeness (QED) is 0.453. The summed E-state index contributed by atoms with van der Waals surface area (Å²) in [5.74, 6) is 1.05. The second-order valence-electron chi connectivity index (χ2n) is 5.95. The largest absolute Gasteiger partial charge is 0.377 e. The molecule has 0 spiro atoms. The highest BCUT2D eigenvalue weighted by atomic mass is 32.1. The van der Waals surface area contributed by atoms with E-state index in [0.717, 1.165) is 18.9 Å². The monoisotopic (exact) mass is 287 g/mol. The van der Waals surface area contributed by atoms with Gasteiger partial charge in [0.2, 0.25) is 0 Å². The van der Waals surface area contributed by atoms with Crippen molar-refractivity contribution in [2.24, 2.45) is 0 Å². The van der Waals surface area contributed by atoms with Gasteiger partial charge in [0, 0.05) is 13.2 Å². The molecule has 1 saturated heterocycles. The van der Waals surface area contributed by atoms with Crippen LogP contribution in [0.4, 0.5) is 0 Å². The van der Waals surface area contributed by atoms with Crippen molar-refractivity contribution in [1.82, 2.24) is 4.90 Å². The molecule has 1 aliphatic rings. The third-order valence-corrected chi connectivity index (χ3v) is 4.30. The summed E-state index contributed by atoms with van der Waals surface area (Å²) in [6.07, 6.45) is 14.0. The molecule has 0 aromatic rings. The molecular weight excluding hydrogens is 254 g/mol. The Balaban J connectivity index is 1.85. The Morgan fingerprint density at radius 2 is 1.68 bits per heavy atom. The Bertz CT molecular complexity index is 195. The summed E-state index contributed by atoms with van der Waals surface area (Å²) < 4.78 is 5.78. The molecule has 0 amide bonds. The first-order valence-corrected chi connectivity index (χ1v) is 8.87. The second-order valence-corrected chi connectivity index (χ2v) is 6.40. The number of likely N-dealkylation sites (N-methyl/N-ethyl adjacent to an activating group) is 1. The van der Waals surface area contributed by atoms with E-state index in [-0.39, 0.29) is 0 Å². The zero-order valence-electron chi connectivity index (χ0n) is 12.8. The summed E-state index contributed by atoms with van der Waals surface area (Å²) in [7, 11) is 2.24. The Morgan fingerprint density at radius 3 is 2.32 bits per heavy atom. The van der Waals surface area contributed by atoms with Crippen molar-refractivity contribution < 1.29 is 4.74 Å². The van der Waals surface area contributed by atoms with Crippen LogP contribution in [-0.4, -0.2) is 43.5 Å². The molecule has 114 valence electrons. The molecule has 0 aliphatic carbocycles. The van der Waals surface area contributed by atoms with Gasteiger partial charge >= 0.3 is 0 Å². The van der Waals surface area contributed by atoms with E-state index in [9.17, 15) is 0 Å². The summed E-state index contributed by atoms with van der Waals surface area (Å²) in [6.45, 7) is 3.34. The van der Waals surface area contributed by atoms with Crippen LogP contribution in [0.5, 0.6) is 0 Å². The van der Waals surface area contributed by atoms with Crippen molar-refractivity contribution in [2.75, 3.05) is 32.5 Å². The van der Waals surface area contributed by atoms with E-state index in [4.69, 9.17) is 4.74 Å². The maximum Gasteiger partial charge on any atom is 0.0701 e. The van der Waals surface area contributed by atoms with Crippen LogP contribution in [0, 0.1) is 0 Å². The minimum absolute atomic E-state index is 0.500. The predicted molar refractivity (Wildman–Crippen MR) is 87.3 cm³/mol. The Labute approximate surface area is 125 Å². The molecule has 1 unspecified atom stereocenters. The fourth-order valence-corrected chi connectivity index (χ4v) is 2.99. The van der Waals surface area contributed by atoms with E-state index in [1.54, 1.807) is 0 Å². The molecule has 0 aromatic carbocycles. The molecule has 2 nitrogen and oxygen atoms in total. The van der Waals surface area contributed by atoms with Crippen LogP contribution >= 0.6 is 12.6 Å². The van der Waals surface area contributed by atoms with Crippen LogP contribution < -0.4 is 0 Å². The highest BCUT2D eigenvalue weighted by Crippen LogP contribution is 2.14. The second kappa shape index (κ2) is 12.0. The van der Waals surface area contributed by atoms with E-state index in [0.29, 0.717) is 6.10 Å². The van der Waals surface area contributed by atoms with Gasteiger partial charge < -0.3 is 9.64 Å². The van der Waals surface area contributed by atoms with Crippen molar-refractivity contribution >= 4 is 12.6 Å². The van der Waals surface area contributed by atoms with Gasteiger partial charge in [0.15, 0.2) is 0 Å². The first kappa shape index (κ1) is 17.3. The lowest BCUT2D eigenvalue weighted by molar-refractivity contribution is -0.00161. The van der Waals surface area contributed by atoms with E-state index in [1.165, 1.54) is 70.8 Å². The maximum atomic E-state index is 5.78. The van der Waals surface area contributed by atoms with Crippen molar-refractivity contribution in [1.29, 1.82) is 0 Å². The third kappa shape index (κ3) is 9.75. The minimum atomic E-state index is 0.500. The summed E-state index contributed by atoms with van der Waals surface area (Å²) in [5.41, 5.74) is 0. The first-order chi connectivity index (χ1) is 9.33. The van der Waals surface area contributed by atoms with Crippen molar-refractivity contribution in [2.45, 2.75) is 70.3 Å². The summed E-state index contributed by atoms with van der Waals surface area (Å²) in [5, 5.41) is 0. The molecular formula is C16H33NOS. The number of hydrogen-bond donors (Lipinski definition) is 1. The van der Waals surface area contributed by atoms with Gasteiger partial charge in [0.1, 0.15) is 0 Å². The van der Waals surface area contributed by atoms with Gasteiger partial charge in [-0.3, -0.25) is 0 Å². The average molecular weight is 288 g/mol. The molecule has 3 heteroatoms. The van der Waals surface area contributed by atoms with E-state index in [2.05, 4.69) is 24.6 Å². The third-order valence-electron chi connectivity index (χ3n) is 3.99. The Hall–Kier alpha value is 0.270. The van der Waals surface area contributed by atoms with Crippen LogP contribution in [-0.2, 0) is 4.74 Å². The average Bonchev–Trinajstić information content (AvgIpc) is 2.43. The molecule has 1 atom stereocenters. The van der Waals surface area contributed by atoms with E-state index in [1.807, 2.05) is 0 Å². The number of unbranched alkanes of at least 4 members (excludes halogenated alkanes) is 6. The summed E-state index contributed by atoms with van der Waals surface area (Å²) in [6, 6.07) is 0. The van der Waals surface area contributed by atoms with Crippen LogP contribution in [0.3, 0.4) is 0 Å². The van der Waals surface area contributed by atoms with Crippen LogP contribution in [0.15, 0.2) is 0 Å². The Kier molecular flexibility index (Phi) is 11.0. The molecule has 0 radical (unpaired) electrons. The van der Waals surface area contributed by atoms with Gasteiger partial charge in [-0.1, -0.05) is 32.1 Å². The van der Waals surface area contributed by atoms with Crippen LogP contribution in [0.1, 0.15) is 64.2 Å². The minimum Gasteiger partial charge on any atom is -0.377 e. The van der Waals surface area contributed by atoms with Gasteiger partial charge in [-0.2, -0.15) is 12.6 Å². The number of thiol groups is 1. The molecule has 0 bridgehead atoms. The zero-order chi connectivity index (χ0) is 13.8. The fraction of sp³-hybridized carbons (Fsp3) is 1.00. The maximum absolute atomic E-state index is 5.78. The van der Waals surface area contributed by atoms with Crippen LogP contribution in [0.2, 0.25) is 0 Å². The van der Waals surface area contributed by atoms with Gasteiger partial charge in [-0.05, 0) is 51.4 Å². The molecule has 1 rings (SSSR count). The van der Waals surface area contributed by atoms with E-state index >= 15 is 0 Å². The van der Waals surface area contributed by atoms with Gasteiger partial charge in [-0.15, -0.1) is 0 Å².